The van der Waals surface area contributed by atoms with E-state index in [9.17, 15) is 9.59 Å². The molecule has 0 aromatic heterocycles. The molecule has 16 heavy (non-hydrogen) atoms. The van der Waals surface area contributed by atoms with Crippen molar-refractivity contribution in [2.75, 3.05) is 0 Å². The predicted molar refractivity (Wildman–Crippen MR) is 59.0 cm³/mol. The minimum absolute atomic E-state index is 0.116. The van der Waals surface area contributed by atoms with Gasteiger partial charge in [-0.15, -0.1) is 0 Å². The molecule has 0 bridgehead atoms. The van der Waals surface area contributed by atoms with E-state index in [1.165, 1.54) is 25.1 Å². The van der Waals surface area contributed by atoms with Crippen molar-refractivity contribution in [2.24, 2.45) is 0 Å². The fourth-order valence-electron chi connectivity index (χ4n) is 0.951. The van der Waals surface area contributed by atoms with E-state index in [1.807, 2.05) is 0 Å². The SMILES string of the molecule is C[C@H](OC(=O)c1cc(Cl)cc(Cl)c1)C(=O)O. The van der Waals surface area contributed by atoms with Gasteiger partial charge in [0.1, 0.15) is 0 Å². The molecule has 4 nitrogen and oxygen atoms in total. The average molecular weight is 263 g/mol. The molecule has 0 spiro atoms. The van der Waals surface area contributed by atoms with E-state index in [1.54, 1.807) is 0 Å². The highest BCUT2D eigenvalue weighted by Crippen LogP contribution is 2.19. The molecule has 0 radical (unpaired) electrons. The van der Waals surface area contributed by atoms with Gasteiger partial charge >= 0.3 is 11.9 Å². The molecule has 0 unspecified atom stereocenters. The maximum atomic E-state index is 11.5. The first-order valence-electron chi connectivity index (χ1n) is 4.30. The van der Waals surface area contributed by atoms with Gasteiger partial charge in [-0.3, -0.25) is 0 Å². The van der Waals surface area contributed by atoms with Crippen LogP contribution in [0.5, 0.6) is 0 Å². The van der Waals surface area contributed by atoms with Gasteiger partial charge < -0.3 is 9.84 Å². The summed E-state index contributed by atoms with van der Waals surface area (Å²) >= 11 is 11.4. The van der Waals surface area contributed by atoms with Crippen LogP contribution in [0.25, 0.3) is 0 Å². The molecule has 1 aromatic rings. The second-order valence-electron chi connectivity index (χ2n) is 3.04. The molecular formula is C10H8Cl2O4. The highest BCUT2D eigenvalue weighted by molar-refractivity contribution is 6.35. The first kappa shape index (κ1) is 12.8. The lowest BCUT2D eigenvalue weighted by Crippen LogP contribution is -2.23. The average Bonchev–Trinajstić information content (AvgIpc) is 2.15. The zero-order valence-corrected chi connectivity index (χ0v) is 9.75. The molecule has 86 valence electrons. The lowest BCUT2D eigenvalue weighted by Gasteiger charge is -2.08. The molecule has 1 rings (SSSR count). The normalized spacial score (nSPS) is 11.9. The van der Waals surface area contributed by atoms with Crippen LogP contribution in [-0.4, -0.2) is 23.1 Å². The third-order valence-electron chi connectivity index (χ3n) is 1.73. The molecule has 1 atom stereocenters. The highest BCUT2D eigenvalue weighted by atomic mass is 35.5. The lowest BCUT2D eigenvalue weighted by atomic mass is 10.2. The lowest BCUT2D eigenvalue weighted by molar-refractivity contribution is -0.146. The minimum Gasteiger partial charge on any atom is -0.479 e. The van der Waals surface area contributed by atoms with E-state index in [4.69, 9.17) is 28.3 Å². The van der Waals surface area contributed by atoms with Gasteiger partial charge in [0, 0.05) is 10.0 Å². The Morgan fingerprint density at radius 3 is 2.19 bits per heavy atom. The van der Waals surface area contributed by atoms with Crippen molar-refractivity contribution in [3.05, 3.63) is 33.8 Å². The van der Waals surface area contributed by atoms with Crippen LogP contribution in [-0.2, 0) is 9.53 Å². The second-order valence-corrected chi connectivity index (χ2v) is 3.92. The summed E-state index contributed by atoms with van der Waals surface area (Å²) in [5.74, 6) is -2.00. The standard InChI is InChI=1S/C10H8Cl2O4/c1-5(9(13)14)16-10(15)6-2-7(11)4-8(12)3-6/h2-5H,1H3,(H,13,14)/t5-/m0/s1. The summed E-state index contributed by atoms with van der Waals surface area (Å²) in [5, 5.41) is 9.12. The number of rotatable bonds is 3. The summed E-state index contributed by atoms with van der Waals surface area (Å²) in [6, 6.07) is 4.16. The molecule has 1 aromatic carbocycles. The molecule has 0 heterocycles. The van der Waals surface area contributed by atoms with E-state index < -0.39 is 18.0 Å². The zero-order chi connectivity index (χ0) is 12.3. The van der Waals surface area contributed by atoms with Crippen molar-refractivity contribution >= 4 is 35.1 Å². The van der Waals surface area contributed by atoms with E-state index in [0.29, 0.717) is 0 Å². The Labute approximate surface area is 102 Å². The number of halogens is 2. The van der Waals surface area contributed by atoms with E-state index in [0.717, 1.165) is 0 Å². The monoisotopic (exact) mass is 262 g/mol. The van der Waals surface area contributed by atoms with Crippen LogP contribution >= 0.6 is 23.2 Å². The number of ether oxygens (including phenoxy) is 1. The van der Waals surface area contributed by atoms with Gasteiger partial charge in [-0.1, -0.05) is 23.2 Å². The third kappa shape index (κ3) is 3.40. The highest BCUT2D eigenvalue weighted by Gasteiger charge is 2.18. The number of carbonyl (C=O) groups excluding carboxylic acids is 1. The summed E-state index contributed by atoms with van der Waals surface area (Å²) in [6.45, 7) is 1.26. The van der Waals surface area contributed by atoms with Crippen LogP contribution in [0, 0.1) is 0 Å². The van der Waals surface area contributed by atoms with Gasteiger partial charge in [0.15, 0.2) is 6.10 Å². The Kier molecular flexibility index (Phi) is 4.15. The van der Waals surface area contributed by atoms with Crippen LogP contribution in [0.15, 0.2) is 18.2 Å². The topological polar surface area (TPSA) is 63.6 Å². The number of esters is 1. The number of aliphatic carboxylic acids is 1. The molecule has 0 fully saturated rings. The van der Waals surface area contributed by atoms with Crippen molar-refractivity contribution < 1.29 is 19.4 Å². The number of carboxylic acids is 1. The summed E-state index contributed by atoms with van der Waals surface area (Å²) in [7, 11) is 0. The maximum Gasteiger partial charge on any atom is 0.344 e. The maximum absolute atomic E-state index is 11.5. The van der Waals surface area contributed by atoms with Gasteiger partial charge in [0.05, 0.1) is 5.56 Å². The third-order valence-corrected chi connectivity index (χ3v) is 2.17. The Balaban J connectivity index is 2.84. The number of carboxylic acid groups (broad SMARTS) is 1. The van der Waals surface area contributed by atoms with Crippen LogP contribution in [0.2, 0.25) is 10.0 Å². The van der Waals surface area contributed by atoms with Crippen LogP contribution in [0.4, 0.5) is 0 Å². The Morgan fingerprint density at radius 1 is 1.25 bits per heavy atom. The number of hydrogen-bond acceptors (Lipinski definition) is 3. The second kappa shape index (κ2) is 5.18. The predicted octanol–water partition coefficient (Wildman–Crippen LogP) is 2.62. The Hall–Kier alpha value is -1.26. The van der Waals surface area contributed by atoms with Crippen LogP contribution in [0.1, 0.15) is 17.3 Å². The molecule has 0 saturated heterocycles. The van der Waals surface area contributed by atoms with Crippen LogP contribution < -0.4 is 0 Å². The largest absolute Gasteiger partial charge is 0.479 e. The van der Waals surface area contributed by atoms with E-state index in [-0.39, 0.29) is 15.6 Å². The Bertz CT molecular complexity index is 411. The van der Waals surface area contributed by atoms with Crippen molar-refractivity contribution in [3.63, 3.8) is 0 Å². The van der Waals surface area contributed by atoms with Gasteiger partial charge in [0.2, 0.25) is 0 Å². The molecule has 1 N–H and O–H groups in total. The van der Waals surface area contributed by atoms with Crippen molar-refractivity contribution in [1.29, 1.82) is 0 Å². The smallest absolute Gasteiger partial charge is 0.344 e. The summed E-state index contributed by atoms with van der Waals surface area (Å²) in [6.07, 6.45) is -1.22. The van der Waals surface area contributed by atoms with Gasteiger partial charge in [-0.05, 0) is 25.1 Å². The van der Waals surface area contributed by atoms with Gasteiger partial charge in [-0.25, -0.2) is 9.59 Å². The first-order valence-corrected chi connectivity index (χ1v) is 5.05. The first-order chi connectivity index (χ1) is 7.40. The van der Waals surface area contributed by atoms with Crippen molar-refractivity contribution in [3.8, 4) is 0 Å². The molecule has 6 heteroatoms. The number of hydrogen-bond donors (Lipinski definition) is 1. The minimum atomic E-state index is -1.22. The zero-order valence-electron chi connectivity index (χ0n) is 8.24. The molecular weight excluding hydrogens is 255 g/mol. The van der Waals surface area contributed by atoms with Crippen molar-refractivity contribution in [1.82, 2.24) is 0 Å². The van der Waals surface area contributed by atoms with E-state index >= 15 is 0 Å². The molecule has 0 aliphatic carbocycles. The van der Waals surface area contributed by atoms with Crippen LogP contribution in [0.3, 0.4) is 0 Å². The van der Waals surface area contributed by atoms with Gasteiger partial charge in [-0.2, -0.15) is 0 Å². The fraction of sp³-hybridized carbons (Fsp3) is 0.200. The molecule has 0 aliphatic heterocycles. The quantitative estimate of drug-likeness (QED) is 0.851. The van der Waals surface area contributed by atoms with E-state index in [2.05, 4.69) is 4.74 Å². The van der Waals surface area contributed by atoms with Gasteiger partial charge in [0.25, 0.3) is 0 Å². The van der Waals surface area contributed by atoms with Crippen molar-refractivity contribution in [2.45, 2.75) is 13.0 Å². The molecule has 0 saturated carbocycles. The molecule has 0 aliphatic rings. The summed E-state index contributed by atoms with van der Waals surface area (Å²) < 4.78 is 4.65. The fourth-order valence-corrected chi connectivity index (χ4v) is 1.48. The number of benzene rings is 1. The summed E-state index contributed by atoms with van der Waals surface area (Å²) in [5.41, 5.74) is 0.116. The number of carbonyl (C=O) groups is 2. The molecule has 0 amide bonds. The summed E-state index contributed by atoms with van der Waals surface area (Å²) in [4.78, 5) is 21.9. The Morgan fingerprint density at radius 2 is 1.75 bits per heavy atom.